The predicted octanol–water partition coefficient (Wildman–Crippen LogP) is 4.92. The van der Waals surface area contributed by atoms with Gasteiger partial charge in [-0.05, 0) is 45.9 Å². The van der Waals surface area contributed by atoms with Gasteiger partial charge in [0.1, 0.15) is 6.04 Å². The highest BCUT2D eigenvalue weighted by Crippen LogP contribution is 2.32. The summed E-state index contributed by atoms with van der Waals surface area (Å²) in [5, 5.41) is 8.35. The van der Waals surface area contributed by atoms with Crippen LogP contribution in [-0.2, 0) is 4.79 Å². The predicted molar refractivity (Wildman–Crippen MR) is 116 cm³/mol. The first-order chi connectivity index (χ1) is 13.8. The molecule has 2 amide bonds. The molecule has 0 aromatic heterocycles. The molecule has 0 aliphatic carbocycles. The number of nitrogens with one attached hydrogen (secondary N) is 2. The number of rotatable bonds is 4. The van der Waals surface area contributed by atoms with Crippen molar-refractivity contribution in [3.05, 3.63) is 83.4 Å². The zero-order valence-electron chi connectivity index (χ0n) is 17.0. The summed E-state index contributed by atoms with van der Waals surface area (Å²) in [6.45, 7) is 6.50. The molecule has 0 saturated heterocycles. The summed E-state index contributed by atoms with van der Waals surface area (Å²) in [4.78, 5) is 25.4. The normalized spacial score (nSPS) is 16.9. The van der Waals surface area contributed by atoms with E-state index in [0.717, 1.165) is 22.9 Å². The quantitative estimate of drug-likeness (QED) is 0.669. The summed E-state index contributed by atoms with van der Waals surface area (Å²) >= 11 is 0. The summed E-state index contributed by atoms with van der Waals surface area (Å²) in [6.07, 6.45) is 0.791. The van der Waals surface area contributed by atoms with E-state index in [1.54, 1.807) is 6.07 Å². The Hall–Kier alpha value is -3.14. The Morgan fingerprint density at radius 3 is 2.45 bits per heavy atom. The van der Waals surface area contributed by atoms with Gasteiger partial charge in [-0.1, -0.05) is 75.4 Å². The highest BCUT2D eigenvalue weighted by molar-refractivity contribution is 6.04. The maximum Gasteiger partial charge on any atom is 0.252 e. The van der Waals surface area contributed by atoms with Crippen LogP contribution in [0.2, 0.25) is 0 Å². The van der Waals surface area contributed by atoms with Crippen molar-refractivity contribution in [2.45, 2.75) is 39.3 Å². The Labute approximate surface area is 171 Å². The molecule has 4 nitrogen and oxygen atoms in total. The molecule has 2 atom stereocenters. The van der Waals surface area contributed by atoms with Gasteiger partial charge in [0.2, 0.25) is 5.91 Å². The van der Waals surface area contributed by atoms with E-state index >= 15 is 0 Å². The highest BCUT2D eigenvalue weighted by Gasteiger charge is 2.34. The van der Waals surface area contributed by atoms with Gasteiger partial charge in [-0.2, -0.15) is 0 Å². The number of benzene rings is 3. The largest absolute Gasteiger partial charge is 0.347 e. The summed E-state index contributed by atoms with van der Waals surface area (Å²) in [5.74, 6) is -0.371. The van der Waals surface area contributed by atoms with Gasteiger partial charge < -0.3 is 10.6 Å². The van der Waals surface area contributed by atoms with Gasteiger partial charge in [0.25, 0.3) is 5.91 Å². The number of carbonyl (C=O) groups is 2. The average molecular weight is 386 g/mol. The number of amides is 2. The standard InChI is InChI=1S/C25H26N2O2/c1-25(2,3)15-21(18-13-12-16-8-4-5-9-17(16)14-18)26-24(29)22-19-10-6-7-11-20(19)23(28)27-22/h4-14,21-22H,15H2,1-3H3,(H,26,29)(H,27,28). The van der Waals surface area contributed by atoms with E-state index in [-0.39, 0.29) is 23.3 Å². The van der Waals surface area contributed by atoms with Crippen LogP contribution in [0.5, 0.6) is 0 Å². The third-order valence-corrected chi connectivity index (χ3v) is 5.36. The molecule has 0 radical (unpaired) electrons. The fourth-order valence-corrected chi connectivity index (χ4v) is 3.99. The third kappa shape index (κ3) is 4.02. The topological polar surface area (TPSA) is 58.2 Å². The Kier molecular flexibility index (Phi) is 4.87. The lowest BCUT2D eigenvalue weighted by molar-refractivity contribution is -0.123. The molecular formula is C25H26N2O2. The molecule has 4 rings (SSSR count). The number of fused-ring (bicyclic) bond motifs is 2. The van der Waals surface area contributed by atoms with Gasteiger partial charge >= 0.3 is 0 Å². The van der Waals surface area contributed by atoms with Crippen LogP contribution in [0, 0.1) is 5.41 Å². The molecule has 148 valence electrons. The van der Waals surface area contributed by atoms with Crippen LogP contribution in [0.4, 0.5) is 0 Å². The van der Waals surface area contributed by atoms with Crippen molar-refractivity contribution in [2.75, 3.05) is 0 Å². The van der Waals surface area contributed by atoms with Gasteiger partial charge in [0.05, 0.1) is 6.04 Å². The molecule has 2 unspecified atom stereocenters. The van der Waals surface area contributed by atoms with Gasteiger partial charge in [0, 0.05) is 5.56 Å². The van der Waals surface area contributed by atoms with Crippen molar-refractivity contribution in [2.24, 2.45) is 5.41 Å². The summed E-state index contributed by atoms with van der Waals surface area (Å²) in [5.41, 5.74) is 2.42. The Balaban J connectivity index is 1.64. The molecule has 1 aliphatic heterocycles. The molecule has 2 N–H and O–H groups in total. The molecular weight excluding hydrogens is 360 g/mol. The minimum atomic E-state index is -0.651. The van der Waals surface area contributed by atoms with Crippen LogP contribution in [0.25, 0.3) is 10.8 Å². The zero-order valence-corrected chi connectivity index (χ0v) is 17.0. The van der Waals surface area contributed by atoms with E-state index in [1.165, 1.54) is 5.39 Å². The van der Waals surface area contributed by atoms with Crippen LogP contribution in [0.3, 0.4) is 0 Å². The molecule has 3 aromatic rings. The van der Waals surface area contributed by atoms with E-state index in [9.17, 15) is 9.59 Å². The summed E-state index contributed by atoms with van der Waals surface area (Å²) in [6, 6.07) is 21.0. The summed E-state index contributed by atoms with van der Waals surface area (Å²) in [7, 11) is 0. The van der Waals surface area contributed by atoms with Crippen LogP contribution >= 0.6 is 0 Å². The number of hydrogen-bond acceptors (Lipinski definition) is 2. The molecule has 1 aliphatic rings. The van der Waals surface area contributed by atoms with Crippen LogP contribution in [0.1, 0.15) is 60.8 Å². The molecule has 29 heavy (non-hydrogen) atoms. The lowest BCUT2D eigenvalue weighted by atomic mass is 9.85. The monoisotopic (exact) mass is 386 g/mol. The van der Waals surface area contributed by atoms with E-state index in [4.69, 9.17) is 0 Å². The Bertz CT molecular complexity index is 1080. The van der Waals surface area contributed by atoms with Crippen molar-refractivity contribution in [1.82, 2.24) is 10.6 Å². The molecule has 0 bridgehead atoms. The van der Waals surface area contributed by atoms with E-state index in [0.29, 0.717) is 5.56 Å². The van der Waals surface area contributed by atoms with Crippen LogP contribution in [0.15, 0.2) is 66.7 Å². The lowest BCUT2D eigenvalue weighted by Gasteiger charge is -2.28. The Morgan fingerprint density at radius 2 is 1.69 bits per heavy atom. The first kappa shape index (κ1) is 19.2. The molecule has 4 heteroatoms. The number of hydrogen-bond donors (Lipinski definition) is 2. The van der Waals surface area contributed by atoms with E-state index < -0.39 is 6.04 Å². The first-order valence-electron chi connectivity index (χ1n) is 10.0. The zero-order chi connectivity index (χ0) is 20.6. The second-order valence-corrected chi connectivity index (χ2v) is 8.93. The second-order valence-electron chi connectivity index (χ2n) is 8.93. The number of carbonyl (C=O) groups excluding carboxylic acids is 2. The van der Waals surface area contributed by atoms with E-state index in [1.807, 2.05) is 30.3 Å². The van der Waals surface area contributed by atoms with Crippen LogP contribution in [-0.4, -0.2) is 11.8 Å². The third-order valence-electron chi connectivity index (χ3n) is 5.36. The second kappa shape index (κ2) is 7.36. The fraction of sp³-hybridized carbons (Fsp3) is 0.280. The Morgan fingerprint density at radius 1 is 1.00 bits per heavy atom. The SMILES string of the molecule is CC(C)(C)CC(NC(=O)C1NC(=O)c2ccccc21)c1ccc2ccccc2c1. The molecule has 1 heterocycles. The molecule has 0 fully saturated rings. The van der Waals surface area contributed by atoms with Gasteiger partial charge in [-0.15, -0.1) is 0 Å². The molecule has 3 aromatic carbocycles. The first-order valence-corrected chi connectivity index (χ1v) is 10.0. The van der Waals surface area contributed by atoms with Gasteiger partial charge in [-0.3, -0.25) is 9.59 Å². The van der Waals surface area contributed by atoms with E-state index in [2.05, 4.69) is 61.7 Å². The molecule has 0 spiro atoms. The lowest BCUT2D eigenvalue weighted by Crippen LogP contribution is -2.39. The van der Waals surface area contributed by atoms with Crippen molar-refractivity contribution >= 4 is 22.6 Å². The summed E-state index contributed by atoms with van der Waals surface area (Å²) < 4.78 is 0. The van der Waals surface area contributed by atoms with Crippen molar-refractivity contribution in [1.29, 1.82) is 0 Å². The molecule has 0 saturated carbocycles. The van der Waals surface area contributed by atoms with Crippen LogP contribution < -0.4 is 10.6 Å². The average Bonchev–Trinajstić information content (AvgIpc) is 3.03. The van der Waals surface area contributed by atoms with Crippen molar-refractivity contribution in [3.63, 3.8) is 0 Å². The maximum absolute atomic E-state index is 13.2. The maximum atomic E-state index is 13.2. The highest BCUT2D eigenvalue weighted by atomic mass is 16.2. The minimum absolute atomic E-state index is 0.0282. The van der Waals surface area contributed by atoms with Crippen molar-refractivity contribution < 1.29 is 9.59 Å². The van der Waals surface area contributed by atoms with Gasteiger partial charge in [-0.25, -0.2) is 0 Å². The van der Waals surface area contributed by atoms with Gasteiger partial charge in [0.15, 0.2) is 0 Å². The fourth-order valence-electron chi connectivity index (χ4n) is 3.99. The smallest absolute Gasteiger partial charge is 0.252 e. The van der Waals surface area contributed by atoms with Crippen molar-refractivity contribution in [3.8, 4) is 0 Å². The minimum Gasteiger partial charge on any atom is -0.347 e.